The van der Waals surface area contributed by atoms with Gasteiger partial charge in [0.2, 0.25) is 0 Å². The van der Waals surface area contributed by atoms with E-state index in [1.165, 1.54) is 18.2 Å². The maximum atomic E-state index is 17.3. The molecule has 5 rings (SSSR count). The molecule has 3 saturated carbocycles. The second-order valence-electron chi connectivity index (χ2n) is 12.0. The van der Waals surface area contributed by atoms with E-state index in [-0.39, 0.29) is 30.1 Å². The maximum Gasteiger partial charge on any atom is 0.339 e. The van der Waals surface area contributed by atoms with Crippen LogP contribution in [-0.2, 0) is 14.4 Å². The molecule has 0 bridgehead atoms. The van der Waals surface area contributed by atoms with Crippen LogP contribution in [0.25, 0.3) is 0 Å². The van der Waals surface area contributed by atoms with E-state index in [4.69, 9.17) is 4.84 Å². The molecule has 0 aromatic heterocycles. The van der Waals surface area contributed by atoms with Crippen molar-refractivity contribution in [2.75, 3.05) is 13.1 Å². The first-order valence-corrected chi connectivity index (χ1v) is 13.0. The van der Waals surface area contributed by atoms with Crippen LogP contribution in [0.3, 0.4) is 0 Å². The third-order valence-corrected chi connectivity index (χ3v) is 10.6. The predicted octanol–water partition coefficient (Wildman–Crippen LogP) is 4.04. The molecule has 0 radical (unpaired) electrons. The van der Waals surface area contributed by atoms with Crippen molar-refractivity contribution in [2.24, 2.45) is 34.5 Å². The lowest BCUT2D eigenvalue weighted by molar-refractivity contribution is -0.275. The average Bonchev–Trinajstić information content (AvgIpc) is 3.28. The quantitative estimate of drug-likeness (QED) is 0.601. The van der Waals surface area contributed by atoms with Crippen LogP contribution >= 0.6 is 0 Å². The minimum Gasteiger partial charge on any atom is -0.479 e. The zero-order valence-corrected chi connectivity index (χ0v) is 21.0. The molecule has 4 aliphatic carbocycles. The van der Waals surface area contributed by atoms with Crippen molar-refractivity contribution in [3.63, 3.8) is 0 Å². The van der Waals surface area contributed by atoms with Gasteiger partial charge in [-0.15, -0.1) is 0 Å². The number of hydrogen-bond acceptors (Lipinski definition) is 5. The summed E-state index contributed by atoms with van der Waals surface area (Å²) in [7, 11) is 0. The Bertz CT molecular complexity index is 996. The summed E-state index contributed by atoms with van der Waals surface area (Å²) in [5.41, 5.74) is -6.27. The summed E-state index contributed by atoms with van der Waals surface area (Å²) in [6, 6.07) is 0. The number of carboxylic acids is 1. The lowest BCUT2D eigenvalue weighted by atomic mass is 9.44. The molecular formula is C27H37F2NO5. The van der Waals surface area contributed by atoms with Crippen molar-refractivity contribution in [3.05, 3.63) is 23.8 Å². The fraction of sp³-hybridized carbons (Fsp3) is 0.778. The van der Waals surface area contributed by atoms with Gasteiger partial charge >= 0.3 is 5.97 Å². The summed E-state index contributed by atoms with van der Waals surface area (Å²) in [4.78, 5) is 31.2. The Hall–Kier alpha value is -1.64. The van der Waals surface area contributed by atoms with Gasteiger partial charge in [0.15, 0.2) is 17.1 Å². The number of hydroxylamine groups is 2. The Morgan fingerprint density at radius 3 is 2.57 bits per heavy atom. The molecule has 0 amide bonds. The maximum absolute atomic E-state index is 17.3. The van der Waals surface area contributed by atoms with Gasteiger partial charge in [-0.05, 0) is 55.7 Å². The number of carboxylic acid groups (broad SMARTS) is 1. The molecule has 0 aromatic carbocycles. The van der Waals surface area contributed by atoms with Gasteiger partial charge in [0.05, 0.1) is 6.10 Å². The minimum atomic E-state index is -2.21. The summed E-state index contributed by atoms with van der Waals surface area (Å²) < 4.78 is 32.8. The number of carbonyl (C=O) groups excluding carboxylic acids is 1. The van der Waals surface area contributed by atoms with Crippen LogP contribution in [0.4, 0.5) is 8.78 Å². The van der Waals surface area contributed by atoms with Crippen LogP contribution < -0.4 is 0 Å². The topological polar surface area (TPSA) is 87.1 Å². The normalized spacial score (nSPS) is 48.9. The van der Waals surface area contributed by atoms with Crippen molar-refractivity contribution in [3.8, 4) is 0 Å². The summed E-state index contributed by atoms with van der Waals surface area (Å²) in [6.07, 6.45) is 2.78. The highest BCUT2D eigenvalue weighted by Crippen LogP contribution is 2.72. The molecule has 35 heavy (non-hydrogen) atoms. The molecule has 4 fully saturated rings. The van der Waals surface area contributed by atoms with E-state index in [2.05, 4.69) is 13.8 Å². The van der Waals surface area contributed by atoms with Crippen LogP contribution in [0.5, 0.6) is 0 Å². The van der Waals surface area contributed by atoms with E-state index in [9.17, 15) is 19.8 Å². The fourth-order valence-corrected chi connectivity index (χ4v) is 8.63. The van der Waals surface area contributed by atoms with Crippen LogP contribution in [0.1, 0.15) is 59.8 Å². The van der Waals surface area contributed by atoms with E-state index in [0.29, 0.717) is 25.4 Å². The van der Waals surface area contributed by atoms with Crippen molar-refractivity contribution >= 4 is 11.8 Å². The first-order valence-electron chi connectivity index (χ1n) is 13.0. The lowest BCUT2D eigenvalue weighted by Crippen LogP contribution is -2.70. The van der Waals surface area contributed by atoms with Gasteiger partial charge in [-0.1, -0.05) is 39.7 Å². The number of carbonyl (C=O) groups is 2. The largest absolute Gasteiger partial charge is 0.479 e. The van der Waals surface area contributed by atoms with Gasteiger partial charge < -0.3 is 10.2 Å². The Morgan fingerprint density at radius 2 is 1.94 bits per heavy atom. The van der Waals surface area contributed by atoms with Gasteiger partial charge in [0.1, 0.15) is 6.17 Å². The van der Waals surface area contributed by atoms with E-state index in [0.717, 1.165) is 12.8 Å². The number of aliphatic carboxylic acids is 1. The molecule has 9 atom stereocenters. The SMILES string of the molecule is CCC(CC)CN1C[C@@H]2C[C@H]3[C@@H]4C[C@H](F)C5=CC(=O)C=C[C@]5(C)[C@@]4(F)[C@@H](O)C[C@]3(C)[C@]2(C(=O)O)O1. The smallest absolute Gasteiger partial charge is 0.339 e. The van der Waals surface area contributed by atoms with Crippen LogP contribution in [0, 0.1) is 34.5 Å². The van der Waals surface area contributed by atoms with Crippen LogP contribution in [0.15, 0.2) is 23.8 Å². The van der Waals surface area contributed by atoms with Crippen molar-refractivity contribution < 1.29 is 33.4 Å². The summed E-state index contributed by atoms with van der Waals surface area (Å²) in [6.45, 7) is 8.59. The number of halogens is 2. The molecule has 2 N–H and O–H groups in total. The summed E-state index contributed by atoms with van der Waals surface area (Å²) in [5.74, 6) is -2.87. The number of aliphatic hydroxyl groups excluding tert-OH is 1. The highest BCUT2D eigenvalue weighted by molar-refractivity contribution is 6.01. The van der Waals surface area contributed by atoms with E-state index < -0.39 is 52.2 Å². The second-order valence-corrected chi connectivity index (χ2v) is 12.0. The average molecular weight is 494 g/mol. The highest BCUT2D eigenvalue weighted by Gasteiger charge is 2.80. The van der Waals surface area contributed by atoms with Gasteiger partial charge in [-0.25, -0.2) is 13.6 Å². The number of fused-ring (bicyclic) bond motifs is 7. The van der Waals surface area contributed by atoms with E-state index in [1.807, 2.05) is 0 Å². The first-order chi connectivity index (χ1) is 16.4. The molecule has 0 unspecified atom stereocenters. The van der Waals surface area contributed by atoms with Crippen LogP contribution in [0.2, 0.25) is 0 Å². The molecule has 0 spiro atoms. The van der Waals surface area contributed by atoms with E-state index in [1.54, 1.807) is 18.9 Å². The molecule has 8 heteroatoms. The Morgan fingerprint density at radius 1 is 1.26 bits per heavy atom. The molecule has 194 valence electrons. The first kappa shape index (κ1) is 25.0. The van der Waals surface area contributed by atoms with Crippen molar-refractivity contribution in [1.82, 2.24) is 5.06 Å². The van der Waals surface area contributed by atoms with Crippen LogP contribution in [-0.4, -0.2) is 63.7 Å². The zero-order chi connectivity index (χ0) is 25.6. The molecule has 6 nitrogen and oxygen atoms in total. The molecule has 5 aliphatic rings. The third kappa shape index (κ3) is 2.96. The highest BCUT2D eigenvalue weighted by atomic mass is 19.1. The predicted molar refractivity (Wildman–Crippen MR) is 125 cm³/mol. The molecule has 0 aromatic rings. The Kier molecular flexibility index (Phi) is 5.67. The monoisotopic (exact) mass is 493 g/mol. The molecule has 1 saturated heterocycles. The van der Waals surface area contributed by atoms with Gasteiger partial charge in [0, 0.05) is 35.8 Å². The standard InChI is InChI=1S/C27H37F2NO5/c1-5-15(6-2)13-30-14-16-9-18-19-11-21(28)20-10-17(31)7-8-24(20,3)26(19,29)22(32)12-25(18,4)27(16,35-30)23(33)34/h7-8,10,15-16,18-19,21-22,32H,5-6,9,11-14H2,1-4H3,(H,33,34)/t16-,18-,19-,21-,22-,24-,25-,26-,27-/m0/s1. The Balaban J connectivity index is 1.55. The number of allylic oxidation sites excluding steroid dienone is 4. The third-order valence-electron chi connectivity index (χ3n) is 10.6. The number of rotatable bonds is 5. The number of aliphatic hydroxyl groups is 1. The fourth-order valence-electron chi connectivity index (χ4n) is 8.63. The second kappa shape index (κ2) is 7.93. The zero-order valence-electron chi connectivity index (χ0n) is 21.0. The number of alkyl halides is 2. The summed E-state index contributed by atoms with van der Waals surface area (Å²) >= 11 is 0. The number of nitrogens with zero attached hydrogens (tertiary/aromatic N) is 1. The molecule has 1 aliphatic heterocycles. The molecular weight excluding hydrogens is 456 g/mol. The van der Waals surface area contributed by atoms with Gasteiger partial charge in [-0.3, -0.25) is 9.63 Å². The number of ketones is 1. The van der Waals surface area contributed by atoms with E-state index >= 15 is 8.78 Å². The number of hydrogen-bond donors (Lipinski definition) is 2. The van der Waals surface area contributed by atoms with Gasteiger partial charge in [0.25, 0.3) is 0 Å². The van der Waals surface area contributed by atoms with Crippen molar-refractivity contribution in [2.45, 2.75) is 83.3 Å². The molecule has 1 heterocycles. The lowest BCUT2D eigenvalue weighted by Gasteiger charge is -2.63. The van der Waals surface area contributed by atoms with Gasteiger partial charge in [-0.2, -0.15) is 5.06 Å². The van der Waals surface area contributed by atoms with Crippen molar-refractivity contribution in [1.29, 1.82) is 0 Å². The minimum absolute atomic E-state index is 0.0742. The summed E-state index contributed by atoms with van der Waals surface area (Å²) in [5, 5.41) is 23.7. The Labute approximate surface area is 205 Å².